The Hall–Kier alpha value is -1.22. The minimum Gasteiger partial charge on any atom is -0.505 e. The Labute approximate surface area is 87.1 Å². The first-order valence-corrected chi connectivity index (χ1v) is 4.69. The highest BCUT2D eigenvalue weighted by molar-refractivity contribution is 9.08. The molecule has 1 N–H and O–H groups in total. The number of rotatable bonds is 2. The summed E-state index contributed by atoms with van der Waals surface area (Å²) in [5.74, 6) is -0.521. The van der Waals surface area contributed by atoms with Gasteiger partial charge in [-0.05, 0) is 6.07 Å². The van der Waals surface area contributed by atoms with E-state index < -0.39 is 12.2 Å². The third-order valence-corrected chi connectivity index (χ3v) is 2.11. The van der Waals surface area contributed by atoms with Crippen LogP contribution in [0.1, 0.15) is 23.4 Å². The summed E-state index contributed by atoms with van der Waals surface area (Å²) < 4.78 is 24.8. The molecule has 0 aliphatic carbocycles. The van der Waals surface area contributed by atoms with E-state index in [0.717, 1.165) is 6.07 Å². The molecule has 0 unspecified atom stereocenters. The van der Waals surface area contributed by atoms with Crippen LogP contribution in [0, 0.1) is 11.3 Å². The van der Waals surface area contributed by atoms with Crippen LogP contribution in [0.15, 0.2) is 6.07 Å². The van der Waals surface area contributed by atoms with Crippen LogP contribution in [0.5, 0.6) is 5.75 Å². The molecule has 0 saturated heterocycles. The van der Waals surface area contributed by atoms with Crippen molar-refractivity contribution in [2.24, 2.45) is 0 Å². The average molecular weight is 263 g/mol. The molecule has 0 aliphatic rings. The van der Waals surface area contributed by atoms with Gasteiger partial charge in [-0.15, -0.1) is 0 Å². The smallest absolute Gasteiger partial charge is 0.265 e. The van der Waals surface area contributed by atoms with Crippen LogP contribution in [-0.2, 0) is 5.33 Å². The monoisotopic (exact) mass is 262 g/mol. The molecular weight excluding hydrogens is 258 g/mol. The summed E-state index contributed by atoms with van der Waals surface area (Å²) in [5.41, 5.74) is -0.545. The Balaban J connectivity index is 3.33. The second-order valence-corrected chi connectivity index (χ2v) is 3.00. The molecule has 0 fully saturated rings. The van der Waals surface area contributed by atoms with Gasteiger partial charge in [-0.25, -0.2) is 13.8 Å². The standard InChI is InChI=1S/C8H5BrF2N2O/c9-2-5-4(8(10)11)1-7(14)6(3-12)13-5/h1,8,14H,2H2. The maximum Gasteiger partial charge on any atom is 0.265 e. The SMILES string of the molecule is N#Cc1nc(CBr)c(C(F)F)cc1O. The number of alkyl halides is 3. The second-order valence-electron chi connectivity index (χ2n) is 2.44. The van der Waals surface area contributed by atoms with Crippen LogP contribution >= 0.6 is 15.9 Å². The van der Waals surface area contributed by atoms with Gasteiger partial charge in [0.05, 0.1) is 5.69 Å². The molecule has 3 nitrogen and oxygen atoms in total. The number of halogens is 3. The summed E-state index contributed by atoms with van der Waals surface area (Å²) in [5, 5.41) is 17.7. The fraction of sp³-hybridized carbons (Fsp3) is 0.250. The summed E-state index contributed by atoms with van der Waals surface area (Å²) in [6.45, 7) is 0. The van der Waals surface area contributed by atoms with E-state index in [9.17, 15) is 8.78 Å². The van der Waals surface area contributed by atoms with Crippen LogP contribution in [-0.4, -0.2) is 10.1 Å². The molecule has 1 rings (SSSR count). The number of pyridine rings is 1. The minimum atomic E-state index is -2.71. The predicted octanol–water partition coefficient (Wildman–Crippen LogP) is 2.49. The maximum atomic E-state index is 12.4. The van der Waals surface area contributed by atoms with Crippen LogP contribution in [0.3, 0.4) is 0 Å². The van der Waals surface area contributed by atoms with Gasteiger partial charge in [0.2, 0.25) is 0 Å². The Morgan fingerprint density at radius 2 is 2.29 bits per heavy atom. The Kier molecular flexibility index (Phi) is 3.36. The van der Waals surface area contributed by atoms with Crippen LogP contribution in [0.2, 0.25) is 0 Å². The van der Waals surface area contributed by atoms with Crippen molar-refractivity contribution in [3.05, 3.63) is 23.0 Å². The summed E-state index contributed by atoms with van der Waals surface area (Å²) >= 11 is 2.98. The topological polar surface area (TPSA) is 56.9 Å². The van der Waals surface area contributed by atoms with Gasteiger partial charge in [0.15, 0.2) is 11.4 Å². The zero-order valence-corrected chi connectivity index (χ0v) is 8.42. The molecule has 0 aliphatic heterocycles. The summed E-state index contributed by atoms with van der Waals surface area (Å²) in [6.07, 6.45) is -2.71. The Morgan fingerprint density at radius 3 is 2.71 bits per heavy atom. The van der Waals surface area contributed by atoms with Gasteiger partial charge in [0.1, 0.15) is 6.07 Å². The number of hydrogen-bond acceptors (Lipinski definition) is 3. The summed E-state index contributed by atoms with van der Waals surface area (Å²) in [6, 6.07) is 2.48. The first kappa shape index (κ1) is 10.9. The number of aromatic hydroxyl groups is 1. The van der Waals surface area contributed by atoms with Crippen molar-refractivity contribution in [1.29, 1.82) is 5.26 Å². The molecule has 0 atom stereocenters. The van der Waals surface area contributed by atoms with Gasteiger partial charge < -0.3 is 5.11 Å². The lowest BCUT2D eigenvalue weighted by atomic mass is 10.2. The molecule has 0 spiro atoms. The van der Waals surface area contributed by atoms with Crippen molar-refractivity contribution in [2.75, 3.05) is 0 Å². The molecule has 6 heteroatoms. The van der Waals surface area contributed by atoms with Gasteiger partial charge in [-0.1, -0.05) is 15.9 Å². The van der Waals surface area contributed by atoms with Crippen molar-refractivity contribution < 1.29 is 13.9 Å². The van der Waals surface area contributed by atoms with E-state index in [1.807, 2.05) is 0 Å². The van der Waals surface area contributed by atoms with Gasteiger partial charge in [-0.2, -0.15) is 5.26 Å². The van der Waals surface area contributed by atoms with Crippen molar-refractivity contribution in [1.82, 2.24) is 4.98 Å². The van der Waals surface area contributed by atoms with Gasteiger partial charge in [0.25, 0.3) is 6.43 Å². The van der Waals surface area contributed by atoms with Crippen LogP contribution in [0.4, 0.5) is 8.78 Å². The van der Waals surface area contributed by atoms with E-state index >= 15 is 0 Å². The number of nitriles is 1. The van der Waals surface area contributed by atoms with E-state index in [-0.39, 0.29) is 22.3 Å². The lowest BCUT2D eigenvalue weighted by Gasteiger charge is -2.06. The lowest BCUT2D eigenvalue weighted by molar-refractivity contribution is 0.149. The Bertz CT molecular complexity index is 390. The molecule has 0 aromatic carbocycles. The lowest BCUT2D eigenvalue weighted by Crippen LogP contribution is -1.98. The molecule has 0 amide bonds. The molecule has 0 bridgehead atoms. The molecule has 1 heterocycles. The van der Waals surface area contributed by atoms with E-state index in [4.69, 9.17) is 10.4 Å². The second kappa shape index (κ2) is 4.33. The molecule has 14 heavy (non-hydrogen) atoms. The number of aromatic nitrogens is 1. The van der Waals surface area contributed by atoms with Crippen LogP contribution in [0.25, 0.3) is 0 Å². The predicted molar refractivity (Wildman–Crippen MR) is 48.2 cm³/mol. The molecule has 74 valence electrons. The fourth-order valence-corrected chi connectivity index (χ4v) is 1.38. The van der Waals surface area contributed by atoms with Crippen molar-refractivity contribution >= 4 is 15.9 Å². The first-order chi connectivity index (χ1) is 6.60. The Morgan fingerprint density at radius 1 is 1.64 bits per heavy atom. The molecule has 0 radical (unpaired) electrons. The summed E-state index contributed by atoms with van der Waals surface area (Å²) in [4.78, 5) is 3.59. The highest BCUT2D eigenvalue weighted by atomic mass is 79.9. The quantitative estimate of drug-likeness (QED) is 0.834. The summed E-state index contributed by atoms with van der Waals surface area (Å²) in [7, 11) is 0. The van der Waals surface area contributed by atoms with E-state index in [0.29, 0.717) is 0 Å². The zero-order chi connectivity index (χ0) is 10.7. The highest BCUT2D eigenvalue weighted by Crippen LogP contribution is 2.28. The largest absolute Gasteiger partial charge is 0.505 e. The molecular formula is C8H5BrF2N2O. The minimum absolute atomic E-state index is 0.0642. The molecule has 0 saturated carbocycles. The van der Waals surface area contributed by atoms with Crippen molar-refractivity contribution in [3.63, 3.8) is 0 Å². The van der Waals surface area contributed by atoms with E-state index in [2.05, 4.69) is 20.9 Å². The molecule has 1 aromatic rings. The van der Waals surface area contributed by atoms with Gasteiger partial charge in [-0.3, -0.25) is 0 Å². The third-order valence-electron chi connectivity index (χ3n) is 1.58. The van der Waals surface area contributed by atoms with E-state index in [1.54, 1.807) is 6.07 Å². The zero-order valence-electron chi connectivity index (χ0n) is 6.84. The van der Waals surface area contributed by atoms with Crippen LogP contribution < -0.4 is 0 Å². The number of hydrogen-bond donors (Lipinski definition) is 1. The van der Waals surface area contributed by atoms with Crippen molar-refractivity contribution in [2.45, 2.75) is 11.8 Å². The fourth-order valence-electron chi connectivity index (χ4n) is 0.934. The number of nitrogens with zero attached hydrogens (tertiary/aromatic N) is 2. The average Bonchev–Trinajstić information content (AvgIpc) is 2.17. The highest BCUT2D eigenvalue weighted by Gasteiger charge is 2.17. The van der Waals surface area contributed by atoms with E-state index in [1.165, 1.54) is 0 Å². The third kappa shape index (κ3) is 1.99. The normalized spacial score (nSPS) is 10.2. The maximum absolute atomic E-state index is 12.4. The van der Waals surface area contributed by atoms with Gasteiger partial charge >= 0.3 is 0 Å². The first-order valence-electron chi connectivity index (χ1n) is 3.57. The van der Waals surface area contributed by atoms with Crippen molar-refractivity contribution in [3.8, 4) is 11.8 Å². The molecule has 1 aromatic heterocycles. The van der Waals surface area contributed by atoms with Gasteiger partial charge in [0, 0.05) is 10.9 Å².